The highest BCUT2D eigenvalue weighted by Gasteiger charge is 2.12. The van der Waals surface area contributed by atoms with E-state index in [9.17, 15) is 9.59 Å². The van der Waals surface area contributed by atoms with E-state index in [1.54, 1.807) is 30.3 Å². The van der Waals surface area contributed by atoms with Crippen LogP contribution in [-0.4, -0.2) is 16.8 Å². The van der Waals surface area contributed by atoms with E-state index in [4.69, 9.17) is 4.42 Å². The second-order valence-corrected chi connectivity index (χ2v) is 8.43. The number of fused-ring (bicyclic) bond motifs is 1. The van der Waals surface area contributed by atoms with Crippen LogP contribution in [0.4, 0.5) is 11.4 Å². The van der Waals surface area contributed by atoms with Gasteiger partial charge in [0.05, 0.1) is 0 Å². The molecule has 0 unspecified atom stereocenters. The molecule has 0 bridgehead atoms. The predicted molar refractivity (Wildman–Crippen MR) is 138 cm³/mol. The number of rotatable bonds is 5. The third kappa shape index (κ3) is 4.96. The molecular weight excluding hydrogens is 438 g/mol. The van der Waals surface area contributed by atoms with Gasteiger partial charge in [-0.15, -0.1) is 0 Å². The van der Waals surface area contributed by atoms with E-state index in [0.29, 0.717) is 39.5 Å². The summed E-state index contributed by atoms with van der Waals surface area (Å²) in [6, 6.07) is 27.5. The van der Waals surface area contributed by atoms with Gasteiger partial charge in [0.15, 0.2) is 5.58 Å². The van der Waals surface area contributed by atoms with Crippen molar-refractivity contribution >= 4 is 34.3 Å². The first-order valence-electron chi connectivity index (χ1n) is 11.2. The number of carbonyl (C=O) groups excluding carboxylic acids is 2. The molecule has 0 aliphatic rings. The molecule has 35 heavy (non-hydrogen) atoms. The first-order chi connectivity index (χ1) is 16.9. The Balaban J connectivity index is 1.31. The summed E-state index contributed by atoms with van der Waals surface area (Å²) < 4.78 is 5.91. The van der Waals surface area contributed by atoms with Crippen molar-refractivity contribution in [2.45, 2.75) is 13.8 Å². The molecule has 6 heteroatoms. The van der Waals surface area contributed by atoms with Crippen molar-refractivity contribution in [3.63, 3.8) is 0 Å². The van der Waals surface area contributed by atoms with Gasteiger partial charge in [0.25, 0.3) is 11.8 Å². The number of oxazole rings is 1. The summed E-state index contributed by atoms with van der Waals surface area (Å²) in [5, 5.41) is 5.81. The number of anilines is 2. The summed E-state index contributed by atoms with van der Waals surface area (Å²) in [5.41, 5.74) is 6.61. The Hall–Kier alpha value is -4.71. The lowest BCUT2D eigenvalue weighted by molar-refractivity contribution is 0.101. The summed E-state index contributed by atoms with van der Waals surface area (Å²) in [4.78, 5) is 29.6. The smallest absolute Gasteiger partial charge is 0.255 e. The van der Waals surface area contributed by atoms with Crippen LogP contribution in [0.3, 0.4) is 0 Å². The van der Waals surface area contributed by atoms with Gasteiger partial charge in [-0.25, -0.2) is 4.98 Å². The van der Waals surface area contributed by atoms with Crippen LogP contribution >= 0.6 is 0 Å². The number of nitrogens with one attached hydrogen (secondary N) is 2. The summed E-state index contributed by atoms with van der Waals surface area (Å²) in [6.07, 6.45) is 0. The molecule has 0 aliphatic carbocycles. The molecule has 6 nitrogen and oxygen atoms in total. The number of carbonyl (C=O) groups is 2. The fourth-order valence-corrected chi connectivity index (χ4v) is 3.80. The maximum Gasteiger partial charge on any atom is 0.255 e. The minimum Gasteiger partial charge on any atom is -0.436 e. The predicted octanol–water partition coefficient (Wildman–Crippen LogP) is 6.62. The van der Waals surface area contributed by atoms with Gasteiger partial charge in [0.2, 0.25) is 5.89 Å². The quantitative estimate of drug-likeness (QED) is 0.308. The average molecular weight is 462 g/mol. The third-order valence-corrected chi connectivity index (χ3v) is 5.60. The van der Waals surface area contributed by atoms with Gasteiger partial charge < -0.3 is 15.1 Å². The molecule has 5 aromatic rings. The van der Waals surface area contributed by atoms with Crippen LogP contribution in [0.15, 0.2) is 95.4 Å². The Bertz CT molecular complexity index is 1550. The summed E-state index contributed by atoms with van der Waals surface area (Å²) in [5.74, 6) is 0.113. The molecule has 0 aliphatic heterocycles. The molecule has 1 aromatic heterocycles. The Morgan fingerprint density at radius 1 is 0.686 bits per heavy atom. The van der Waals surface area contributed by atoms with Crippen molar-refractivity contribution in [2.75, 3.05) is 10.6 Å². The van der Waals surface area contributed by atoms with Crippen LogP contribution in [0.1, 0.15) is 31.8 Å². The molecule has 0 saturated heterocycles. The maximum absolute atomic E-state index is 12.6. The van der Waals surface area contributed by atoms with Gasteiger partial charge in [-0.3, -0.25) is 9.59 Å². The molecule has 172 valence electrons. The number of aryl methyl sites for hydroxylation is 2. The number of amides is 2. The second kappa shape index (κ2) is 9.27. The third-order valence-electron chi connectivity index (χ3n) is 5.60. The summed E-state index contributed by atoms with van der Waals surface area (Å²) >= 11 is 0. The highest BCUT2D eigenvalue weighted by atomic mass is 16.3. The van der Waals surface area contributed by atoms with E-state index in [-0.39, 0.29) is 11.8 Å². The van der Waals surface area contributed by atoms with E-state index >= 15 is 0 Å². The molecule has 2 amide bonds. The SMILES string of the molecule is Cc1cccc(C(=O)Nc2ccc(-c3nc4cc(NC(=O)c5cccc(C)c5)ccc4o3)cc2)c1. The highest BCUT2D eigenvalue weighted by molar-refractivity contribution is 6.05. The van der Waals surface area contributed by atoms with Crippen LogP contribution in [0.5, 0.6) is 0 Å². The second-order valence-electron chi connectivity index (χ2n) is 8.43. The Morgan fingerprint density at radius 3 is 1.86 bits per heavy atom. The number of aromatic nitrogens is 1. The molecular formula is C29H23N3O3. The van der Waals surface area contributed by atoms with Gasteiger partial charge in [0, 0.05) is 28.1 Å². The van der Waals surface area contributed by atoms with Crippen molar-refractivity contribution in [3.05, 3.63) is 113 Å². The van der Waals surface area contributed by atoms with Crippen molar-refractivity contribution in [1.82, 2.24) is 4.98 Å². The van der Waals surface area contributed by atoms with Crippen LogP contribution in [0.2, 0.25) is 0 Å². The van der Waals surface area contributed by atoms with Gasteiger partial charge in [-0.05, 0) is 80.6 Å². The molecule has 2 N–H and O–H groups in total. The van der Waals surface area contributed by atoms with Crippen LogP contribution in [-0.2, 0) is 0 Å². The van der Waals surface area contributed by atoms with Crippen molar-refractivity contribution in [3.8, 4) is 11.5 Å². The zero-order chi connectivity index (χ0) is 24.4. The zero-order valence-corrected chi connectivity index (χ0v) is 19.3. The number of benzene rings is 4. The highest BCUT2D eigenvalue weighted by Crippen LogP contribution is 2.27. The van der Waals surface area contributed by atoms with Gasteiger partial charge >= 0.3 is 0 Å². The van der Waals surface area contributed by atoms with E-state index in [0.717, 1.165) is 16.7 Å². The largest absolute Gasteiger partial charge is 0.436 e. The lowest BCUT2D eigenvalue weighted by atomic mass is 10.1. The Kier molecular flexibility index (Phi) is 5.85. The molecule has 0 saturated carbocycles. The van der Waals surface area contributed by atoms with E-state index in [1.807, 2.05) is 74.5 Å². The zero-order valence-electron chi connectivity index (χ0n) is 19.3. The molecule has 4 aromatic carbocycles. The van der Waals surface area contributed by atoms with E-state index in [1.165, 1.54) is 0 Å². The molecule has 0 atom stereocenters. The van der Waals surface area contributed by atoms with Crippen LogP contribution in [0.25, 0.3) is 22.6 Å². The lowest BCUT2D eigenvalue weighted by Gasteiger charge is -2.06. The fraction of sp³-hybridized carbons (Fsp3) is 0.0690. The summed E-state index contributed by atoms with van der Waals surface area (Å²) in [6.45, 7) is 3.90. The fourth-order valence-electron chi connectivity index (χ4n) is 3.80. The molecule has 0 fully saturated rings. The van der Waals surface area contributed by atoms with Crippen LogP contribution in [0, 0.1) is 13.8 Å². The molecule has 0 radical (unpaired) electrons. The van der Waals surface area contributed by atoms with Crippen molar-refractivity contribution < 1.29 is 14.0 Å². The lowest BCUT2D eigenvalue weighted by Crippen LogP contribution is -2.11. The van der Waals surface area contributed by atoms with Gasteiger partial charge in [0.1, 0.15) is 5.52 Å². The molecule has 1 heterocycles. The van der Waals surface area contributed by atoms with Crippen molar-refractivity contribution in [2.24, 2.45) is 0 Å². The van der Waals surface area contributed by atoms with Crippen molar-refractivity contribution in [1.29, 1.82) is 0 Å². The molecule has 5 rings (SSSR count). The minimum absolute atomic E-state index is 0.163. The van der Waals surface area contributed by atoms with Crippen LogP contribution < -0.4 is 10.6 Å². The maximum atomic E-state index is 12.6. The average Bonchev–Trinajstić information content (AvgIpc) is 3.28. The monoisotopic (exact) mass is 461 g/mol. The normalized spacial score (nSPS) is 10.8. The topological polar surface area (TPSA) is 84.2 Å². The number of hydrogen-bond acceptors (Lipinski definition) is 4. The van der Waals surface area contributed by atoms with E-state index in [2.05, 4.69) is 15.6 Å². The van der Waals surface area contributed by atoms with Gasteiger partial charge in [-0.1, -0.05) is 35.4 Å². The number of hydrogen-bond donors (Lipinski definition) is 2. The summed E-state index contributed by atoms with van der Waals surface area (Å²) in [7, 11) is 0. The number of nitrogens with zero attached hydrogens (tertiary/aromatic N) is 1. The van der Waals surface area contributed by atoms with Gasteiger partial charge in [-0.2, -0.15) is 0 Å². The molecule has 0 spiro atoms. The Labute approximate surface area is 202 Å². The Morgan fingerprint density at radius 2 is 1.26 bits per heavy atom. The first kappa shape index (κ1) is 22.1. The minimum atomic E-state index is -0.180. The first-order valence-corrected chi connectivity index (χ1v) is 11.2. The standard InChI is InChI=1S/C29H23N3O3/c1-18-5-3-7-21(15-18)27(33)30-23-11-9-20(10-12-23)29-32-25-17-24(13-14-26(25)35-29)31-28(34)22-8-4-6-19(2)16-22/h3-17H,1-2H3,(H,30,33)(H,31,34). The van der Waals surface area contributed by atoms with E-state index < -0.39 is 0 Å².